The summed E-state index contributed by atoms with van der Waals surface area (Å²) in [7, 11) is 5.21. The summed E-state index contributed by atoms with van der Waals surface area (Å²) in [4.78, 5) is 47.9. The number of aryl methyl sites for hydroxylation is 2. The summed E-state index contributed by atoms with van der Waals surface area (Å²) in [5.41, 5.74) is 10.8. The van der Waals surface area contributed by atoms with Crippen LogP contribution in [0.3, 0.4) is 0 Å². The fourth-order valence-electron chi connectivity index (χ4n) is 11.1. The first-order valence-corrected chi connectivity index (χ1v) is 27.3. The predicted octanol–water partition coefficient (Wildman–Crippen LogP) is 9.49. The summed E-state index contributed by atoms with van der Waals surface area (Å²) in [6, 6.07) is 30.3. The number of anilines is 3. The molecule has 0 unspecified atom stereocenters. The van der Waals surface area contributed by atoms with E-state index in [0.717, 1.165) is 102 Å². The summed E-state index contributed by atoms with van der Waals surface area (Å²) in [5.74, 6) is 1.94. The first-order valence-electron chi connectivity index (χ1n) is 27.3. The first kappa shape index (κ1) is 54.2. The Balaban J connectivity index is 0.973. The Kier molecular flexibility index (Phi) is 18.5. The third-order valence-corrected chi connectivity index (χ3v) is 15.0. The van der Waals surface area contributed by atoms with Crippen molar-refractivity contribution in [3.8, 4) is 17.2 Å². The second kappa shape index (κ2) is 26.0. The molecule has 4 aliphatic rings. The highest BCUT2D eigenvalue weighted by molar-refractivity contribution is 6.13. The van der Waals surface area contributed by atoms with Gasteiger partial charge in [-0.2, -0.15) is 0 Å². The Labute approximate surface area is 448 Å². The molecule has 4 aliphatic heterocycles. The third-order valence-electron chi connectivity index (χ3n) is 15.0. The molecule has 14 heteroatoms. The first-order chi connectivity index (χ1) is 37.1. The molecule has 14 nitrogen and oxygen atoms in total. The number of hydrogen-bond donors (Lipinski definition) is 1. The molecule has 5 aromatic carbocycles. The molecule has 0 radical (unpaired) electrons. The van der Waals surface area contributed by atoms with Gasteiger partial charge in [0, 0.05) is 79.5 Å². The van der Waals surface area contributed by atoms with Crippen molar-refractivity contribution in [1.29, 1.82) is 0 Å². The summed E-state index contributed by atoms with van der Waals surface area (Å²) >= 11 is 0. The van der Waals surface area contributed by atoms with E-state index in [1.165, 1.54) is 5.56 Å². The van der Waals surface area contributed by atoms with E-state index in [1.54, 1.807) is 14.2 Å². The number of nitrogens with zero attached hydrogens (tertiary/aromatic N) is 4. The molecule has 0 aliphatic carbocycles. The molecule has 4 heterocycles. The molecule has 0 aromatic heterocycles. The van der Waals surface area contributed by atoms with Crippen molar-refractivity contribution in [3.63, 3.8) is 0 Å². The molecule has 0 spiro atoms. The number of fused-ring (bicyclic) bond motifs is 8. The lowest BCUT2D eigenvalue weighted by molar-refractivity contribution is -0.401. The SMILES string of the molecule is CCNCCCCCC(=O)CCCN(CCOCCOCCOC)c1cc(COc2cc3c(cc2C)C(=O)N2c4ccccc4C[C@H]2[C-]=[N+]3C)cc(COc2cc3c(cc2OC)C(=O)N2c4ccccc4C[C@H]2CC3)c1. The normalized spacial score (nSPS) is 16.2. The molecular weight excluding hydrogens is 959 g/mol. The molecule has 9 rings (SSSR count). The minimum Gasteiger partial charge on any atom is -0.493 e. The predicted molar refractivity (Wildman–Crippen MR) is 297 cm³/mol. The van der Waals surface area contributed by atoms with Crippen LogP contribution < -0.4 is 34.2 Å². The number of rotatable bonds is 28. The molecule has 0 saturated heterocycles. The highest BCUT2D eigenvalue weighted by Gasteiger charge is 2.38. The minimum absolute atomic E-state index is 0.0145. The molecule has 0 fully saturated rings. The van der Waals surface area contributed by atoms with Crippen molar-refractivity contribution in [2.75, 3.05) is 95.2 Å². The fraction of sp³-hybridized carbons (Fsp3) is 0.452. The Bertz CT molecular complexity index is 2880. The van der Waals surface area contributed by atoms with Gasteiger partial charge in [0.25, 0.3) is 5.91 Å². The highest BCUT2D eigenvalue weighted by atomic mass is 16.5. The Morgan fingerprint density at radius 1 is 0.711 bits per heavy atom. The lowest BCUT2D eigenvalue weighted by Crippen LogP contribution is -2.38. The third kappa shape index (κ3) is 12.8. The maximum atomic E-state index is 14.3. The molecule has 76 heavy (non-hydrogen) atoms. The Morgan fingerprint density at radius 3 is 2.14 bits per heavy atom. The fourth-order valence-corrected chi connectivity index (χ4v) is 11.1. The van der Waals surface area contributed by atoms with Gasteiger partial charge in [-0.25, -0.2) is 0 Å². The minimum atomic E-state index is -0.210. The molecule has 0 bridgehead atoms. The van der Waals surface area contributed by atoms with E-state index in [9.17, 15) is 14.4 Å². The van der Waals surface area contributed by atoms with Gasteiger partial charge in [0.05, 0.1) is 45.8 Å². The van der Waals surface area contributed by atoms with Crippen LogP contribution in [0.1, 0.15) is 106 Å². The van der Waals surface area contributed by atoms with Gasteiger partial charge >= 0.3 is 0 Å². The van der Waals surface area contributed by atoms with Crippen LogP contribution in [0, 0.1) is 6.92 Å². The van der Waals surface area contributed by atoms with E-state index in [-0.39, 0.29) is 42.9 Å². The number of ether oxygens (including phenoxy) is 6. The maximum Gasteiger partial charge on any atom is 0.258 e. The second-order valence-corrected chi connectivity index (χ2v) is 20.3. The quantitative estimate of drug-likeness (QED) is 0.0292. The van der Waals surface area contributed by atoms with Crippen molar-refractivity contribution < 1.29 is 47.4 Å². The molecule has 5 aromatic rings. The van der Waals surface area contributed by atoms with E-state index >= 15 is 0 Å². The Hall–Kier alpha value is -6.58. The van der Waals surface area contributed by atoms with Gasteiger partial charge in [0.15, 0.2) is 11.5 Å². The molecule has 402 valence electrons. The van der Waals surface area contributed by atoms with Crippen molar-refractivity contribution in [3.05, 3.63) is 136 Å². The van der Waals surface area contributed by atoms with Crippen LogP contribution in [0.5, 0.6) is 17.2 Å². The number of carbonyl (C=O) groups is 3. The zero-order chi connectivity index (χ0) is 53.0. The van der Waals surface area contributed by atoms with Gasteiger partial charge < -0.3 is 53.0 Å². The number of unbranched alkanes of at least 4 members (excludes halogenated alkanes) is 2. The maximum absolute atomic E-state index is 14.3. The summed E-state index contributed by atoms with van der Waals surface area (Å²) < 4.78 is 38.2. The molecule has 0 saturated carbocycles. The molecule has 1 N–H and O–H groups in total. The number of ketones is 1. The standard InChI is InChI=1S/C62H75N5O9/c1-6-63-23-13-7-8-17-52(68)18-14-24-65(25-26-73-29-30-74-28-27-71-4)50-33-44(41-75-58-39-57-54(31-43(58)2)62(70)67-51(40-64(57)3)36-48-16-10-12-20-56(48)67)32-45(34-50)42-76-60-37-46-21-22-49-35-47-15-9-11-19-55(47)66(49)61(69)53(46)38-59(60)72-5/h9-12,15-16,19-20,31-34,37-39,49,51,63H,6-8,13-14,17-18,21-30,35-36,41-42H2,1-5H3/t49-,51+/m1/s1. The largest absolute Gasteiger partial charge is 0.493 e. The van der Waals surface area contributed by atoms with Crippen LogP contribution in [0.4, 0.5) is 22.7 Å². The number of nitrogens with one attached hydrogen (secondary N) is 1. The number of hydrogen-bond acceptors (Lipinski definition) is 11. The number of benzene rings is 5. The van der Waals surface area contributed by atoms with Gasteiger partial charge in [-0.3, -0.25) is 14.4 Å². The number of carbonyl (C=O) groups excluding carboxylic acids is 3. The second-order valence-electron chi connectivity index (χ2n) is 20.3. The van der Waals surface area contributed by atoms with Gasteiger partial charge in [-0.1, -0.05) is 55.8 Å². The van der Waals surface area contributed by atoms with Crippen molar-refractivity contribution in [2.45, 2.75) is 103 Å². The number of Topliss-reactive ketones (excluding diaryl/α,β-unsaturated/α-hetero) is 1. The smallest absolute Gasteiger partial charge is 0.258 e. The van der Waals surface area contributed by atoms with Crippen LogP contribution in [0.2, 0.25) is 0 Å². The molecular formula is C62H75N5O9. The van der Waals surface area contributed by atoms with E-state index < -0.39 is 0 Å². The van der Waals surface area contributed by atoms with Gasteiger partial charge in [0.1, 0.15) is 31.8 Å². The monoisotopic (exact) mass is 1030 g/mol. The number of amides is 2. The van der Waals surface area contributed by atoms with Crippen LogP contribution in [0.15, 0.2) is 91.0 Å². The lowest BCUT2D eigenvalue weighted by atomic mass is 9.99. The van der Waals surface area contributed by atoms with Gasteiger partial charge in [-0.15, -0.1) is 0 Å². The van der Waals surface area contributed by atoms with Gasteiger partial charge in [-0.05, 0) is 147 Å². The summed E-state index contributed by atoms with van der Waals surface area (Å²) in [6.45, 7) is 10.1. The van der Waals surface area contributed by atoms with E-state index in [1.807, 2.05) is 89.0 Å². The topological polar surface area (TPSA) is 131 Å². The van der Waals surface area contributed by atoms with Crippen LogP contribution in [-0.4, -0.2) is 121 Å². The average molecular weight is 1030 g/mol. The van der Waals surface area contributed by atoms with Crippen molar-refractivity contribution >= 4 is 46.6 Å². The Morgan fingerprint density at radius 2 is 1.39 bits per heavy atom. The summed E-state index contributed by atoms with van der Waals surface area (Å²) in [5, 5.41) is 3.37. The van der Waals surface area contributed by atoms with E-state index in [0.29, 0.717) is 100 Å². The van der Waals surface area contributed by atoms with Crippen molar-refractivity contribution in [2.24, 2.45) is 0 Å². The van der Waals surface area contributed by atoms with Crippen LogP contribution in [-0.2, 0) is 51.5 Å². The lowest BCUT2D eigenvalue weighted by Gasteiger charge is -2.26. The van der Waals surface area contributed by atoms with E-state index in [2.05, 4.69) is 53.7 Å². The van der Waals surface area contributed by atoms with Crippen molar-refractivity contribution in [1.82, 2.24) is 5.32 Å². The van der Waals surface area contributed by atoms with Crippen LogP contribution >= 0.6 is 0 Å². The average Bonchev–Trinajstić information content (AvgIpc) is 3.93. The zero-order valence-corrected chi connectivity index (χ0v) is 45.1. The molecule has 2 amide bonds. The zero-order valence-electron chi connectivity index (χ0n) is 45.1. The summed E-state index contributed by atoms with van der Waals surface area (Å²) in [6.07, 6.45) is 11.5. The van der Waals surface area contributed by atoms with E-state index in [4.69, 9.17) is 28.4 Å². The highest BCUT2D eigenvalue weighted by Crippen LogP contribution is 2.42. The van der Waals surface area contributed by atoms with Crippen LogP contribution in [0.25, 0.3) is 0 Å². The molecule has 2 atom stereocenters. The van der Waals surface area contributed by atoms with Gasteiger partial charge in [0.2, 0.25) is 5.91 Å². The number of methoxy groups -OCH3 is 2. The number of para-hydroxylation sites is 2.